The molecule has 0 fully saturated rings. The van der Waals surface area contributed by atoms with Gasteiger partial charge in [-0.3, -0.25) is 4.98 Å². The van der Waals surface area contributed by atoms with E-state index in [1.54, 1.807) is 7.11 Å². The summed E-state index contributed by atoms with van der Waals surface area (Å²) >= 11 is 0. The first-order chi connectivity index (χ1) is 9.77. The lowest BCUT2D eigenvalue weighted by Crippen LogP contribution is -2.24. The van der Waals surface area contributed by atoms with Crippen molar-refractivity contribution in [3.63, 3.8) is 0 Å². The second kappa shape index (κ2) is 7.06. The van der Waals surface area contributed by atoms with E-state index in [0.717, 1.165) is 30.0 Å². The monoisotopic (exact) mass is 270 g/mol. The number of hydrogen-bond acceptors (Lipinski definition) is 3. The average molecular weight is 270 g/mol. The highest BCUT2D eigenvalue weighted by Crippen LogP contribution is 2.30. The minimum Gasteiger partial charge on any atom is -0.496 e. The van der Waals surface area contributed by atoms with Crippen molar-refractivity contribution in [1.82, 2.24) is 10.3 Å². The number of ether oxygens (including phenoxy) is 1. The summed E-state index contributed by atoms with van der Waals surface area (Å²) in [5.41, 5.74) is 3.40. The lowest BCUT2D eigenvalue weighted by Gasteiger charge is -2.22. The van der Waals surface area contributed by atoms with Crippen molar-refractivity contribution in [2.75, 3.05) is 13.7 Å². The molecule has 3 nitrogen and oxygen atoms in total. The van der Waals surface area contributed by atoms with E-state index < -0.39 is 0 Å². The molecule has 0 spiro atoms. The largest absolute Gasteiger partial charge is 0.496 e. The lowest BCUT2D eigenvalue weighted by molar-refractivity contribution is 0.403. The SMILES string of the molecule is CCCNC(c1ccccc1OC)c1cccnc1C. The number of pyridine rings is 1. The first kappa shape index (κ1) is 14.5. The van der Waals surface area contributed by atoms with Gasteiger partial charge in [0.1, 0.15) is 5.75 Å². The van der Waals surface area contributed by atoms with Crippen molar-refractivity contribution in [2.24, 2.45) is 0 Å². The van der Waals surface area contributed by atoms with Crippen LogP contribution in [0.2, 0.25) is 0 Å². The zero-order chi connectivity index (χ0) is 14.4. The molecule has 1 N–H and O–H groups in total. The molecule has 0 aliphatic heterocycles. The van der Waals surface area contributed by atoms with Gasteiger partial charge in [-0.15, -0.1) is 0 Å². The van der Waals surface area contributed by atoms with Gasteiger partial charge in [0, 0.05) is 17.5 Å². The van der Waals surface area contributed by atoms with Gasteiger partial charge in [-0.05, 0) is 37.6 Å². The third-order valence-electron chi connectivity index (χ3n) is 3.41. The van der Waals surface area contributed by atoms with Crippen LogP contribution in [0.3, 0.4) is 0 Å². The minimum absolute atomic E-state index is 0.111. The quantitative estimate of drug-likeness (QED) is 0.872. The molecule has 0 aliphatic rings. The number of nitrogens with one attached hydrogen (secondary N) is 1. The molecule has 2 rings (SSSR count). The van der Waals surface area contributed by atoms with Crippen LogP contribution < -0.4 is 10.1 Å². The van der Waals surface area contributed by atoms with Gasteiger partial charge in [-0.25, -0.2) is 0 Å². The van der Waals surface area contributed by atoms with Crippen molar-refractivity contribution in [1.29, 1.82) is 0 Å². The Balaban J connectivity index is 2.44. The fourth-order valence-corrected chi connectivity index (χ4v) is 2.38. The van der Waals surface area contributed by atoms with Crippen molar-refractivity contribution < 1.29 is 4.74 Å². The second-order valence-corrected chi connectivity index (χ2v) is 4.81. The van der Waals surface area contributed by atoms with Crippen molar-refractivity contribution >= 4 is 0 Å². The van der Waals surface area contributed by atoms with E-state index >= 15 is 0 Å². The number of hydrogen-bond donors (Lipinski definition) is 1. The van der Waals surface area contributed by atoms with E-state index in [2.05, 4.69) is 29.4 Å². The van der Waals surface area contributed by atoms with E-state index in [0.29, 0.717) is 0 Å². The van der Waals surface area contributed by atoms with Crippen LogP contribution >= 0.6 is 0 Å². The highest BCUT2D eigenvalue weighted by atomic mass is 16.5. The van der Waals surface area contributed by atoms with Gasteiger partial charge in [0.05, 0.1) is 13.2 Å². The topological polar surface area (TPSA) is 34.1 Å². The van der Waals surface area contributed by atoms with Gasteiger partial charge in [-0.1, -0.05) is 31.2 Å². The third-order valence-corrected chi connectivity index (χ3v) is 3.41. The predicted molar refractivity (Wildman–Crippen MR) is 82.1 cm³/mol. The normalized spacial score (nSPS) is 12.2. The van der Waals surface area contributed by atoms with E-state index in [1.807, 2.05) is 37.4 Å². The number of aromatic nitrogens is 1. The molecule has 0 amide bonds. The van der Waals surface area contributed by atoms with Crippen LogP contribution in [0.5, 0.6) is 5.75 Å². The van der Waals surface area contributed by atoms with E-state index in [9.17, 15) is 0 Å². The Morgan fingerprint density at radius 2 is 1.90 bits per heavy atom. The van der Waals surface area contributed by atoms with Crippen LogP contribution in [-0.4, -0.2) is 18.6 Å². The smallest absolute Gasteiger partial charge is 0.123 e. The van der Waals surface area contributed by atoms with Gasteiger partial charge in [0.15, 0.2) is 0 Å². The second-order valence-electron chi connectivity index (χ2n) is 4.81. The number of methoxy groups -OCH3 is 1. The maximum atomic E-state index is 5.51. The Morgan fingerprint density at radius 1 is 1.15 bits per heavy atom. The molecule has 2 aromatic rings. The Hall–Kier alpha value is -1.87. The molecular weight excluding hydrogens is 248 g/mol. The molecule has 0 aliphatic carbocycles. The summed E-state index contributed by atoms with van der Waals surface area (Å²) in [6.07, 6.45) is 2.92. The number of aryl methyl sites for hydroxylation is 1. The van der Waals surface area contributed by atoms with Crippen LogP contribution in [0.1, 0.15) is 36.2 Å². The molecule has 20 heavy (non-hydrogen) atoms. The molecule has 0 radical (unpaired) electrons. The van der Waals surface area contributed by atoms with Gasteiger partial charge >= 0.3 is 0 Å². The molecular formula is C17H22N2O. The molecule has 1 atom stereocenters. The van der Waals surface area contributed by atoms with Crippen molar-refractivity contribution in [3.8, 4) is 5.75 Å². The third kappa shape index (κ3) is 3.17. The van der Waals surface area contributed by atoms with E-state index in [-0.39, 0.29) is 6.04 Å². The Bertz CT molecular complexity index is 554. The van der Waals surface area contributed by atoms with Crippen LogP contribution in [0.4, 0.5) is 0 Å². The Kier molecular flexibility index (Phi) is 5.13. The highest BCUT2D eigenvalue weighted by molar-refractivity contribution is 5.42. The molecule has 106 valence electrons. The first-order valence-corrected chi connectivity index (χ1v) is 7.05. The first-order valence-electron chi connectivity index (χ1n) is 7.05. The summed E-state index contributed by atoms with van der Waals surface area (Å²) in [7, 11) is 1.71. The van der Waals surface area contributed by atoms with Gasteiger partial charge in [-0.2, -0.15) is 0 Å². The summed E-state index contributed by atoms with van der Waals surface area (Å²) < 4.78 is 5.51. The Morgan fingerprint density at radius 3 is 2.60 bits per heavy atom. The summed E-state index contributed by atoms with van der Waals surface area (Å²) in [5.74, 6) is 0.907. The fourth-order valence-electron chi connectivity index (χ4n) is 2.38. The van der Waals surface area contributed by atoms with Gasteiger partial charge in [0.2, 0.25) is 0 Å². The molecule has 0 saturated carbocycles. The molecule has 1 aromatic carbocycles. The number of benzene rings is 1. The minimum atomic E-state index is 0.111. The molecule has 0 saturated heterocycles. The fraction of sp³-hybridized carbons (Fsp3) is 0.353. The summed E-state index contributed by atoms with van der Waals surface area (Å²) in [4.78, 5) is 4.41. The summed E-state index contributed by atoms with van der Waals surface area (Å²) in [6, 6.07) is 12.4. The average Bonchev–Trinajstić information content (AvgIpc) is 2.49. The van der Waals surface area contributed by atoms with E-state index in [1.165, 1.54) is 5.56 Å². The van der Waals surface area contributed by atoms with Gasteiger partial charge < -0.3 is 10.1 Å². The molecule has 0 bridgehead atoms. The Labute approximate surface area is 121 Å². The number of nitrogens with zero attached hydrogens (tertiary/aromatic N) is 1. The predicted octanol–water partition coefficient (Wildman–Crippen LogP) is 3.49. The van der Waals surface area contributed by atoms with Crippen LogP contribution in [0.25, 0.3) is 0 Å². The molecule has 1 aromatic heterocycles. The highest BCUT2D eigenvalue weighted by Gasteiger charge is 2.19. The molecule has 1 unspecified atom stereocenters. The summed E-state index contributed by atoms with van der Waals surface area (Å²) in [6.45, 7) is 5.17. The lowest BCUT2D eigenvalue weighted by atomic mass is 9.96. The van der Waals surface area contributed by atoms with Crippen LogP contribution in [0.15, 0.2) is 42.6 Å². The number of para-hydroxylation sites is 1. The molecule has 1 heterocycles. The zero-order valence-electron chi connectivity index (χ0n) is 12.4. The standard InChI is InChI=1S/C17H22N2O/c1-4-11-19-17(14-9-7-12-18-13(14)2)15-8-5-6-10-16(15)20-3/h5-10,12,17,19H,4,11H2,1-3H3. The van der Waals surface area contributed by atoms with Gasteiger partial charge in [0.25, 0.3) is 0 Å². The zero-order valence-corrected chi connectivity index (χ0v) is 12.4. The number of rotatable bonds is 6. The van der Waals surface area contributed by atoms with Crippen LogP contribution in [0, 0.1) is 6.92 Å². The van der Waals surface area contributed by atoms with Crippen molar-refractivity contribution in [2.45, 2.75) is 26.3 Å². The van der Waals surface area contributed by atoms with Crippen LogP contribution in [-0.2, 0) is 0 Å². The maximum absolute atomic E-state index is 5.51. The molecule has 3 heteroatoms. The van der Waals surface area contributed by atoms with Crippen molar-refractivity contribution in [3.05, 3.63) is 59.4 Å². The maximum Gasteiger partial charge on any atom is 0.123 e. The summed E-state index contributed by atoms with van der Waals surface area (Å²) in [5, 5.41) is 3.60. The van der Waals surface area contributed by atoms with E-state index in [4.69, 9.17) is 4.74 Å².